The van der Waals surface area contributed by atoms with Crippen LogP contribution in [0.2, 0.25) is 0 Å². The van der Waals surface area contributed by atoms with Crippen molar-refractivity contribution in [3.05, 3.63) is 29.3 Å². The third-order valence-corrected chi connectivity index (χ3v) is 2.32. The molecule has 1 aromatic carbocycles. The Bertz CT molecular complexity index is 360. The number of hydrogen-bond acceptors (Lipinski definition) is 3. The van der Waals surface area contributed by atoms with Crippen LogP contribution >= 0.6 is 0 Å². The minimum Gasteiger partial charge on any atom is -0.507 e. The monoisotopic (exact) mass is 210 g/mol. The molecule has 0 heterocycles. The molecule has 4 heteroatoms. The Labute approximate surface area is 87.8 Å². The first-order valence-electron chi connectivity index (χ1n) is 4.69. The van der Waals surface area contributed by atoms with Gasteiger partial charge in [-0.3, -0.25) is 4.79 Å². The fourth-order valence-corrected chi connectivity index (χ4v) is 1.35. The van der Waals surface area contributed by atoms with Crippen LogP contribution in [0.15, 0.2) is 18.2 Å². The average Bonchev–Trinajstić information content (AvgIpc) is 2.21. The summed E-state index contributed by atoms with van der Waals surface area (Å²) in [5.74, 6) is -1.46. The summed E-state index contributed by atoms with van der Waals surface area (Å²) in [7, 11) is 0. The molecule has 4 nitrogen and oxygen atoms in total. The van der Waals surface area contributed by atoms with Crippen molar-refractivity contribution in [2.24, 2.45) is 5.92 Å². The number of phenols is 1. The molecule has 0 aliphatic rings. The Morgan fingerprint density at radius 3 is 2.53 bits per heavy atom. The first kappa shape index (κ1) is 11.5. The fraction of sp³-hybridized carbons (Fsp3) is 0.364. The maximum absolute atomic E-state index is 10.6. The van der Waals surface area contributed by atoms with Gasteiger partial charge in [0.05, 0.1) is 12.5 Å². The Kier molecular flexibility index (Phi) is 3.68. The van der Waals surface area contributed by atoms with Crippen molar-refractivity contribution >= 4 is 5.97 Å². The summed E-state index contributed by atoms with van der Waals surface area (Å²) in [6, 6.07) is 4.95. The van der Waals surface area contributed by atoms with Gasteiger partial charge in [-0.05, 0) is 12.0 Å². The minimum absolute atomic E-state index is 0.00639. The van der Waals surface area contributed by atoms with E-state index in [4.69, 9.17) is 10.2 Å². The Balaban J connectivity index is 2.90. The first-order chi connectivity index (χ1) is 7.06. The summed E-state index contributed by atoms with van der Waals surface area (Å²) in [6.07, 6.45) is 0.259. The van der Waals surface area contributed by atoms with Crippen molar-refractivity contribution in [1.82, 2.24) is 0 Å². The molecule has 0 radical (unpaired) electrons. The van der Waals surface area contributed by atoms with E-state index in [1.807, 2.05) is 0 Å². The van der Waals surface area contributed by atoms with E-state index >= 15 is 0 Å². The predicted molar refractivity (Wildman–Crippen MR) is 54.5 cm³/mol. The summed E-state index contributed by atoms with van der Waals surface area (Å²) < 4.78 is 0. The number of aliphatic hydroxyl groups excluding tert-OH is 1. The lowest BCUT2D eigenvalue weighted by molar-refractivity contribution is -0.141. The molecule has 1 unspecified atom stereocenters. The molecule has 0 aliphatic heterocycles. The highest BCUT2D eigenvalue weighted by Crippen LogP contribution is 2.24. The zero-order valence-corrected chi connectivity index (χ0v) is 8.47. The van der Waals surface area contributed by atoms with Crippen molar-refractivity contribution in [2.75, 3.05) is 0 Å². The highest BCUT2D eigenvalue weighted by atomic mass is 16.4. The van der Waals surface area contributed by atoms with Gasteiger partial charge in [-0.15, -0.1) is 0 Å². The van der Waals surface area contributed by atoms with E-state index in [2.05, 4.69) is 0 Å². The SMILES string of the molecule is CC(Cc1cccc(CO)c1O)C(=O)O. The van der Waals surface area contributed by atoms with Gasteiger partial charge in [0.1, 0.15) is 5.75 Å². The molecule has 0 saturated heterocycles. The molecule has 0 bridgehead atoms. The van der Waals surface area contributed by atoms with Crippen LogP contribution in [-0.2, 0) is 17.8 Å². The molecule has 0 aliphatic carbocycles. The van der Waals surface area contributed by atoms with Gasteiger partial charge in [0.2, 0.25) is 0 Å². The number of hydrogen-bond donors (Lipinski definition) is 3. The predicted octanol–water partition coefficient (Wildman–Crippen LogP) is 1.15. The van der Waals surface area contributed by atoms with E-state index in [1.54, 1.807) is 25.1 Å². The van der Waals surface area contributed by atoms with Crippen molar-refractivity contribution < 1.29 is 20.1 Å². The van der Waals surface area contributed by atoms with Crippen molar-refractivity contribution in [3.63, 3.8) is 0 Å². The normalized spacial score (nSPS) is 12.4. The number of carboxylic acid groups (broad SMARTS) is 1. The Hall–Kier alpha value is -1.55. The van der Waals surface area contributed by atoms with E-state index < -0.39 is 11.9 Å². The third kappa shape index (κ3) is 2.70. The highest BCUT2D eigenvalue weighted by molar-refractivity contribution is 5.70. The number of aliphatic carboxylic acids is 1. The second-order valence-electron chi connectivity index (χ2n) is 3.53. The highest BCUT2D eigenvalue weighted by Gasteiger charge is 2.15. The number of carboxylic acids is 1. The van der Waals surface area contributed by atoms with E-state index in [9.17, 15) is 9.90 Å². The number of benzene rings is 1. The van der Waals surface area contributed by atoms with Crippen LogP contribution in [0.1, 0.15) is 18.1 Å². The Morgan fingerprint density at radius 1 is 1.40 bits per heavy atom. The molecule has 1 rings (SSSR count). The minimum atomic E-state index is -0.899. The van der Waals surface area contributed by atoms with Crippen LogP contribution in [0, 0.1) is 5.92 Å². The molecule has 0 saturated carbocycles. The smallest absolute Gasteiger partial charge is 0.306 e. The number of aromatic hydroxyl groups is 1. The van der Waals surface area contributed by atoms with Gasteiger partial charge < -0.3 is 15.3 Å². The van der Waals surface area contributed by atoms with E-state index in [1.165, 1.54) is 0 Å². The number of carbonyl (C=O) groups is 1. The van der Waals surface area contributed by atoms with Crippen molar-refractivity contribution in [3.8, 4) is 5.75 Å². The molecule has 0 aromatic heterocycles. The maximum Gasteiger partial charge on any atom is 0.306 e. The first-order valence-corrected chi connectivity index (χ1v) is 4.69. The molecule has 0 spiro atoms. The number of rotatable bonds is 4. The lowest BCUT2D eigenvalue weighted by Gasteiger charge is -2.10. The molecule has 0 fully saturated rings. The molecule has 0 amide bonds. The topological polar surface area (TPSA) is 77.8 Å². The van der Waals surface area contributed by atoms with Crippen LogP contribution in [0.4, 0.5) is 0 Å². The lowest BCUT2D eigenvalue weighted by Crippen LogP contribution is -2.12. The summed E-state index contributed by atoms with van der Waals surface area (Å²) in [6.45, 7) is 1.33. The average molecular weight is 210 g/mol. The third-order valence-electron chi connectivity index (χ3n) is 2.32. The molecule has 1 aromatic rings. The van der Waals surface area contributed by atoms with Crippen LogP contribution < -0.4 is 0 Å². The largest absolute Gasteiger partial charge is 0.507 e. The molecule has 15 heavy (non-hydrogen) atoms. The van der Waals surface area contributed by atoms with E-state index in [0.29, 0.717) is 11.1 Å². The number of para-hydroxylation sites is 1. The molecule has 1 atom stereocenters. The summed E-state index contributed by atoms with van der Waals surface area (Å²) in [4.78, 5) is 10.6. The Morgan fingerprint density at radius 2 is 2.00 bits per heavy atom. The zero-order chi connectivity index (χ0) is 11.4. The van der Waals surface area contributed by atoms with Crippen LogP contribution in [0.5, 0.6) is 5.75 Å². The number of aliphatic hydroxyl groups is 1. The quantitative estimate of drug-likeness (QED) is 0.696. The van der Waals surface area contributed by atoms with Gasteiger partial charge in [0, 0.05) is 5.56 Å². The van der Waals surface area contributed by atoms with Crippen molar-refractivity contribution in [1.29, 1.82) is 0 Å². The second-order valence-corrected chi connectivity index (χ2v) is 3.53. The van der Waals surface area contributed by atoms with E-state index in [0.717, 1.165) is 0 Å². The van der Waals surface area contributed by atoms with Gasteiger partial charge in [0.25, 0.3) is 0 Å². The molecule has 3 N–H and O–H groups in total. The molecular formula is C11H14O4. The van der Waals surface area contributed by atoms with Crippen LogP contribution in [-0.4, -0.2) is 21.3 Å². The van der Waals surface area contributed by atoms with Crippen LogP contribution in [0.25, 0.3) is 0 Å². The summed E-state index contributed by atoms with van der Waals surface area (Å²) in [5.41, 5.74) is 0.974. The fourth-order valence-electron chi connectivity index (χ4n) is 1.35. The summed E-state index contributed by atoms with van der Waals surface area (Å²) in [5, 5.41) is 27.3. The summed E-state index contributed by atoms with van der Waals surface area (Å²) >= 11 is 0. The molecule has 82 valence electrons. The van der Waals surface area contributed by atoms with E-state index in [-0.39, 0.29) is 18.8 Å². The van der Waals surface area contributed by atoms with Gasteiger partial charge in [0.15, 0.2) is 0 Å². The molecular weight excluding hydrogens is 196 g/mol. The standard InChI is InChI=1S/C11H14O4/c1-7(11(14)15)5-8-3-2-4-9(6-12)10(8)13/h2-4,7,12-13H,5-6H2,1H3,(H,14,15). The van der Waals surface area contributed by atoms with Gasteiger partial charge in [-0.1, -0.05) is 25.1 Å². The lowest BCUT2D eigenvalue weighted by atomic mass is 9.98. The van der Waals surface area contributed by atoms with Crippen LogP contribution in [0.3, 0.4) is 0 Å². The van der Waals surface area contributed by atoms with Gasteiger partial charge in [-0.25, -0.2) is 0 Å². The second kappa shape index (κ2) is 4.79. The van der Waals surface area contributed by atoms with Crippen molar-refractivity contribution in [2.45, 2.75) is 20.0 Å². The maximum atomic E-state index is 10.6. The van der Waals surface area contributed by atoms with Gasteiger partial charge >= 0.3 is 5.97 Å². The van der Waals surface area contributed by atoms with Gasteiger partial charge in [-0.2, -0.15) is 0 Å². The zero-order valence-electron chi connectivity index (χ0n) is 8.47.